The van der Waals surface area contributed by atoms with Crippen LogP contribution in [-0.4, -0.2) is 20.5 Å². The van der Waals surface area contributed by atoms with Crippen molar-refractivity contribution < 1.29 is 48.1 Å². The summed E-state index contributed by atoms with van der Waals surface area (Å²) in [6.45, 7) is 11.3. The van der Waals surface area contributed by atoms with Gasteiger partial charge in [0.05, 0.1) is 0 Å². The second kappa shape index (κ2) is 5.64. The zero-order chi connectivity index (χ0) is 13.3. The summed E-state index contributed by atoms with van der Waals surface area (Å²) < 4.78 is 26.7. The Morgan fingerprint density at radius 2 is 1.76 bits per heavy atom. The Balaban J connectivity index is 2.88. The molecule has 0 spiro atoms. The molecule has 1 rings (SSSR count). The third-order valence-electron chi connectivity index (χ3n) is 3.24. The van der Waals surface area contributed by atoms with E-state index in [1.807, 2.05) is 27.7 Å². The van der Waals surface area contributed by atoms with Crippen LogP contribution in [0.2, 0.25) is 5.82 Å². The van der Waals surface area contributed by atoms with Crippen LogP contribution in [0, 0.1) is 34.4 Å². The summed E-state index contributed by atoms with van der Waals surface area (Å²) in [4.78, 5) is 0. The fourth-order valence-corrected chi connectivity index (χ4v) is 1.90. The molecule has 0 bridgehead atoms. The van der Waals surface area contributed by atoms with Crippen LogP contribution < -0.4 is 0 Å². The molecule has 101 valence electrons. The molecule has 0 amide bonds. The molecule has 0 aliphatic carbocycles. The molecule has 1 atom stereocenters. The fraction of sp³-hybridized carbons (Fsp3) is 0.583. The molecule has 1 saturated heterocycles. The van der Waals surface area contributed by atoms with Gasteiger partial charge in [0.1, 0.15) is 0 Å². The third-order valence-corrected chi connectivity index (χ3v) is 3.92. The number of halogens is 1. The van der Waals surface area contributed by atoms with Gasteiger partial charge in [-0.25, -0.2) is 0 Å². The second-order valence-electron chi connectivity index (χ2n) is 5.05. The molecule has 0 aromatic carbocycles. The van der Waals surface area contributed by atoms with Crippen LogP contribution in [0.25, 0.3) is 0 Å². The van der Waals surface area contributed by atoms with Gasteiger partial charge in [-0.2, -0.15) is 0 Å². The van der Waals surface area contributed by atoms with E-state index < -0.39 is 18.3 Å². The average Bonchev–Trinajstić information content (AvgIpc) is 2.44. The molecule has 5 heteroatoms. The van der Waals surface area contributed by atoms with E-state index in [0.29, 0.717) is 0 Å². The van der Waals surface area contributed by atoms with Crippen molar-refractivity contribution in [2.45, 2.75) is 44.7 Å². The Bertz CT molecular complexity index is 336. The summed E-state index contributed by atoms with van der Waals surface area (Å²) >= 11 is 2.67. The maximum absolute atomic E-state index is 13.2. The summed E-state index contributed by atoms with van der Waals surface area (Å²) in [7, 11) is -0.476. The Kier molecular flexibility index (Phi) is 5.16. The van der Waals surface area contributed by atoms with E-state index in [1.54, 1.807) is 2.21 Å². The average molecular weight is 393 g/mol. The topological polar surface area (TPSA) is 18.5 Å². The van der Waals surface area contributed by atoms with Gasteiger partial charge in [-0.05, 0) is 0 Å². The summed E-state index contributed by atoms with van der Waals surface area (Å²) in [5, 5.41) is 0. The van der Waals surface area contributed by atoms with Crippen molar-refractivity contribution in [2.24, 2.45) is 0 Å². The molecule has 2 nitrogen and oxygen atoms in total. The molecule has 0 aromatic heterocycles. The molecule has 0 radical (unpaired) electrons. The van der Waals surface area contributed by atoms with Gasteiger partial charge >= 0.3 is 127 Å². The first kappa shape index (κ1) is 15.6. The van der Waals surface area contributed by atoms with Crippen LogP contribution >= 0.6 is 0 Å². The fourth-order valence-electron chi connectivity index (χ4n) is 1.45. The minimum atomic E-state index is -0.476. The molecular formula is C12H18BFO2Tm. The van der Waals surface area contributed by atoms with E-state index in [-0.39, 0.29) is 11.6 Å². The van der Waals surface area contributed by atoms with Crippen molar-refractivity contribution in [2.75, 3.05) is 0 Å². The van der Waals surface area contributed by atoms with E-state index in [9.17, 15) is 4.39 Å². The maximum atomic E-state index is 13.2. The van der Waals surface area contributed by atoms with E-state index in [2.05, 4.69) is 41.0 Å². The quantitative estimate of drug-likeness (QED) is 0.541. The van der Waals surface area contributed by atoms with Crippen LogP contribution in [0.3, 0.4) is 0 Å². The van der Waals surface area contributed by atoms with Gasteiger partial charge in [-0.15, -0.1) is 0 Å². The molecule has 1 aliphatic rings. The van der Waals surface area contributed by atoms with Gasteiger partial charge in [-0.3, -0.25) is 0 Å². The predicted octanol–water partition coefficient (Wildman–Crippen LogP) is 2.84. The number of hydrogen-bond acceptors (Lipinski definition) is 2. The predicted molar refractivity (Wildman–Crippen MR) is 65.3 cm³/mol. The van der Waals surface area contributed by atoms with Crippen molar-refractivity contribution in [3.63, 3.8) is 0 Å². The van der Waals surface area contributed by atoms with Crippen molar-refractivity contribution in [1.82, 2.24) is 0 Å². The third kappa shape index (κ3) is 3.50. The van der Waals surface area contributed by atoms with Crippen molar-refractivity contribution in [1.29, 1.82) is 0 Å². The molecule has 17 heavy (non-hydrogen) atoms. The second-order valence-corrected chi connectivity index (χ2v) is 5.64. The van der Waals surface area contributed by atoms with Gasteiger partial charge < -0.3 is 0 Å². The van der Waals surface area contributed by atoms with Crippen molar-refractivity contribution >= 4 is 9.33 Å². The van der Waals surface area contributed by atoms with Crippen molar-refractivity contribution in [3.8, 4) is 0 Å². The summed E-state index contributed by atoms with van der Waals surface area (Å²) in [6, 6.07) is 0. The molecular weight excluding hydrogens is 375 g/mol. The molecule has 1 unspecified atom stereocenters. The molecule has 0 aromatic rings. The first-order valence-corrected chi connectivity index (χ1v) is 6.49. The molecule has 0 saturated carbocycles. The number of hydrogen-bond donors (Lipinski definition) is 0. The van der Waals surface area contributed by atoms with E-state index in [4.69, 9.17) is 9.31 Å². The Hall–Kier alpha value is 0.499. The summed E-state index contributed by atoms with van der Waals surface area (Å²) in [5.41, 5.74) is -0.808. The molecule has 0 N–H and O–H groups in total. The summed E-state index contributed by atoms with van der Waals surface area (Å²) in [6.07, 6.45) is 2.61. The van der Waals surface area contributed by atoms with E-state index >= 15 is 0 Å². The van der Waals surface area contributed by atoms with E-state index in [0.717, 1.165) is 0 Å². The van der Waals surface area contributed by atoms with Gasteiger partial charge in [-0.1, -0.05) is 0 Å². The van der Waals surface area contributed by atoms with Crippen LogP contribution in [0.5, 0.6) is 0 Å². The van der Waals surface area contributed by atoms with E-state index in [1.165, 1.54) is 12.2 Å². The Morgan fingerprint density at radius 1 is 1.29 bits per heavy atom. The Labute approximate surface area is 126 Å². The van der Waals surface area contributed by atoms with Crippen LogP contribution in [0.1, 0.15) is 27.7 Å². The van der Waals surface area contributed by atoms with Gasteiger partial charge in [0.2, 0.25) is 0 Å². The van der Waals surface area contributed by atoms with Crippen LogP contribution in [0.15, 0.2) is 24.6 Å². The minimum absolute atomic E-state index is 0.263. The normalized spacial score (nSPS) is 24.6. The van der Waals surface area contributed by atoms with Gasteiger partial charge in [0.25, 0.3) is 0 Å². The number of allylic oxidation sites excluding steroid dienone is 3. The number of rotatable bonds is 4. The zero-order valence-electron chi connectivity index (χ0n) is 10.6. The molecule has 1 aliphatic heterocycles. The monoisotopic (exact) mass is 393 g/mol. The SMILES string of the molecule is C=CC(F)=CC([CH]=[Tm])B1OC(C)(C)C(C)(C)O1. The van der Waals surface area contributed by atoms with Crippen molar-refractivity contribution in [3.05, 3.63) is 24.6 Å². The van der Waals surface area contributed by atoms with Crippen LogP contribution in [-0.2, 0) is 9.31 Å². The first-order chi connectivity index (χ1) is 7.73. The molecule has 1 heterocycles. The van der Waals surface area contributed by atoms with Gasteiger partial charge in [0, 0.05) is 0 Å². The Morgan fingerprint density at radius 3 is 2.12 bits per heavy atom. The van der Waals surface area contributed by atoms with Crippen LogP contribution in [0.4, 0.5) is 4.39 Å². The first-order valence-electron chi connectivity index (χ1n) is 5.46. The zero-order valence-corrected chi connectivity index (χ0v) is 12.3. The summed E-state index contributed by atoms with van der Waals surface area (Å²) in [5.74, 6) is -0.640. The molecule has 1 fully saturated rings. The standard InChI is InChI=1S/C12H18BFO2.Tm/c1-7-10(14)8-9(2)13-15-11(3,4)12(5,6)16-13;/h2,7-9H,1H2,3-6H3;. The van der Waals surface area contributed by atoms with Gasteiger partial charge in [0.15, 0.2) is 0 Å².